The van der Waals surface area contributed by atoms with Crippen LogP contribution in [-0.2, 0) is 6.42 Å². The van der Waals surface area contributed by atoms with Gasteiger partial charge in [0.1, 0.15) is 0 Å². The van der Waals surface area contributed by atoms with Gasteiger partial charge in [-0.3, -0.25) is 0 Å². The number of rotatable bonds is 10. The smallest absolute Gasteiger partial charge is 0.0712 e. The summed E-state index contributed by atoms with van der Waals surface area (Å²) < 4.78 is 0. The molecule has 0 spiro atoms. The third kappa shape index (κ3) is 4.79. The van der Waals surface area contributed by atoms with E-state index in [1.165, 1.54) is 67.7 Å². The molecule has 0 radical (unpaired) electrons. The van der Waals surface area contributed by atoms with Gasteiger partial charge in [0.25, 0.3) is 0 Å². The number of nitrogens with two attached hydrogens (primary N) is 1. The van der Waals surface area contributed by atoms with Gasteiger partial charge in [-0.05, 0) is 43.5 Å². The van der Waals surface area contributed by atoms with E-state index in [4.69, 9.17) is 10.7 Å². The number of aromatic nitrogens is 1. The summed E-state index contributed by atoms with van der Waals surface area (Å²) in [5.74, 6) is 0. The average Bonchev–Trinajstić information content (AvgIpc) is 2.66. The molecule has 0 fully saturated rings. The Bertz CT molecular complexity index is 740. The highest BCUT2D eigenvalue weighted by atomic mass is 14.7. The van der Waals surface area contributed by atoms with Crippen LogP contribution in [0.4, 0.5) is 0 Å². The number of benzene rings is 2. The molecule has 0 atom stereocenters. The number of fused-ring (bicyclic) bond motifs is 2. The van der Waals surface area contributed by atoms with Gasteiger partial charge in [0, 0.05) is 10.8 Å². The molecule has 0 aliphatic heterocycles. The molecule has 0 bridgehead atoms. The van der Waals surface area contributed by atoms with Gasteiger partial charge in [-0.2, -0.15) is 0 Å². The van der Waals surface area contributed by atoms with E-state index in [1.807, 2.05) is 0 Å². The zero-order chi connectivity index (χ0) is 17.3. The standard InChI is InChI=1S/C23H30N2/c24-18-12-6-4-2-1-3-5-7-13-19-20-14-8-10-16-22(20)25-23-17-11-9-15-21(19)23/h8-11,14-17H,1-7,12-13,18,24H2. The largest absolute Gasteiger partial charge is 0.330 e. The minimum Gasteiger partial charge on any atom is -0.330 e. The SMILES string of the molecule is NCCCCCCCCCCc1c2ccccc2nc2ccccc12. The highest BCUT2D eigenvalue weighted by Gasteiger charge is 2.08. The number of para-hydroxylation sites is 2. The van der Waals surface area contributed by atoms with Crippen molar-refractivity contribution in [2.75, 3.05) is 6.54 Å². The number of nitrogens with zero attached hydrogens (tertiary/aromatic N) is 1. The quantitative estimate of drug-likeness (QED) is 0.364. The fraction of sp³-hybridized carbons (Fsp3) is 0.435. The minimum absolute atomic E-state index is 0.841. The third-order valence-corrected chi connectivity index (χ3v) is 5.08. The van der Waals surface area contributed by atoms with Crippen molar-refractivity contribution in [1.29, 1.82) is 0 Å². The molecule has 0 unspecified atom stereocenters. The van der Waals surface area contributed by atoms with Gasteiger partial charge < -0.3 is 5.73 Å². The first-order valence-electron chi connectivity index (χ1n) is 9.86. The van der Waals surface area contributed by atoms with E-state index in [9.17, 15) is 0 Å². The molecule has 2 aromatic carbocycles. The lowest BCUT2D eigenvalue weighted by Gasteiger charge is -2.11. The van der Waals surface area contributed by atoms with Crippen molar-refractivity contribution in [3.8, 4) is 0 Å². The number of hydrogen-bond donors (Lipinski definition) is 1. The Kier molecular flexibility index (Phi) is 6.81. The zero-order valence-corrected chi connectivity index (χ0v) is 15.2. The Labute approximate surface area is 151 Å². The van der Waals surface area contributed by atoms with Gasteiger partial charge in [-0.15, -0.1) is 0 Å². The fourth-order valence-corrected chi connectivity index (χ4v) is 3.70. The Hall–Kier alpha value is -1.93. The lowest BCUT2D eigenvalue weighted by Crippen LogP contribution is -1.97. The predicted molar refractivity (Wildman–Crippen MR) is 109 cm³/mol. The first kappa shape index (κ1) is 17.9. The summed E-state index contributed by atoms with van der Waals surface area (Å²) in [5.41, 5.74) is 9.26. The van der Waals surface area contributed by atoms with Gasteiger partial charge in [0.2, 0.25) is 0 Å². The van der Waals surface area contributed by atoms with Crippen LogP contribution in [0.3, 0.4) is 0 Å². The Balaban J connectivity index is 1.59. The van der Waals surface area contributed by atoms with Crippen LogP contribution < -0.4 is 5.73 Å². The van der Waals surface area contributed by atoms with Crippen LogP contribution in [0.2, 0.25) is 0 Å². The van der Waals surface area contributed by atoms with Crippen LogP contribution >= 0.6 is 0 Å². The molecule has 2 heteroatoms. The van der Waals surface area contributed by atoms with E-state index in [2.05, 4.69) is 48.5 Å². The van der Waals surface area contributed by atoms with Crippen molar-refractivity contribution in [3.05, 3.63) is 54.1 Å². The summed E-state index contributed by atoms with van der Waals surface area (Å²) >= 11 is 0. The van der Waals surface area contributed by atoms with E-state index < -0.39 is 0 Å². The van der Waals surface area contributed by atoms with Crippen molar-refractivity contribution in [3.63, 3.8) is 0 Å². The highest BCUT2D eigenvalue weighted by Crippen LogP contribution is 2.27. The number of aryl methyl sites for hydroxylation is 1. The van der Waals surface area contributed by atoms with E-state index in [0.29, 0.717) is 0 Å². The fourth-order valence-electron chi connectivity index (χ4n) is 3.70. The molecule has 3 rings (SSSR count). The lowest BCUT2D eigenvalue weighted by molar-refractivity contribution is 0.570. The number of hydrogen-bond acceptors (Lipinski definition) is 2. The van der Waals surface area contributed by atoms with Crippen LogP contribution in [0.5, 0.6) is 0 Å². The second-order valence-corrected chi connectivity index (χ2v) is 6.99. The van der Waals surface area contributed by atoms with Crippen molar-refractivity contribution >= 4 is 21.8 Å². The van der Waals surface area contributed by atoms with Gasteiger partial charge in [0.15, 0.2) is 0 Å². The topological polar surface area (TPSA) is 38.9 Å². The van der Waals surface area contributed by atoms with Gasteiger partial charge in [0.05, 0.1) is 11.0 Å². The van der Waals surface area contributed by atoms with Gasteiger partial charge >= 0.3 is 0 Å². The molecule has 1 aromatic heterocycles. The zero-order valence-electron chi connectivity index (χ0n) is 15.2. The minimum atomic E-state index is 0.841. The van der Waals surface area contributed by atoms with E-state index in [-0.39, 0.29) is 0 Å². The molecule has 0 amide bonds. The molecular weight excluding hydrogens is 304 g/mol. The maximum Gasteiger partial charge on any atom is 0.0712 e. The molecule has 2 nitrogen and oxygen atoms in total. The average molecular weight is 335 g/mol. The Morgan fingerprint density at radius 2 is 1.08 bits per heavy atom. The van der Waals surface area contributed by atoms with Crippen LogP contribution in [-0.4, -0.2) is 11.5 Å². The van der Waals surface area contributed by atoms with Crippen molar-refractivity contribution in [2.45, 2.75) is 57.8 Å². The third-order valence-electron chi connectivity index (χ3n) is 5.08. The molecule has 0 saturated carbocycles. The van der Waals surface area contributed by atoms with E-state index >= 15 is 0 Å². The first-order valence-corrected chi connectivity index (χ1v) is 9.86. The monoisotopic (exact) mass is 334 g/mol. The Morgan fingerprint density at radius 1 is 0.600 bits per heavy atom. The summed E-state index contributed by atoms with van der Waals surface area (Å²) in [7, 11) is 0. The molecule has 0 aliphatic rings. The molecule has 3 aromatic rings. The summed E-state index contributed by atoms with van der Waals surface area (Å²) in [5, 5.41) is 2.64. The summed E-state index contributed by atoms with van der Waals surface area (Å²) in [4.78, 5) is 4.82. The molecule has 132 valence electrons. The molecule has 25 heavy (non-hydrogen) atoms. The van der Waals surface area contributed by atoms with Crippen LogP contribution in [0.15, 0.2) is 48.5 Å². The summed E-state index contributed by atoms with van der Waals surface area (Å²) in [6.45, 7) is 0.841. The highest BCUT2D eigenvalue weighted by molar-refractivity contribution is 5.97. The van der Waals surface area contributed by atoms with Crippen LogP contribution in [0.25, 0.3) is 21.8 Å². The molecule has 0 saturated heterocycles. The first-order chi connectivity index (χ1) is 12.4. The second kappa shape index (κ2) is 9.53. The number of pyridine rings is 1. The molecule has 0 aliphatic carbocycles. The van der Waals surface area contributed by atoms with Crippen LogP contribution in [0.1, 0.15) is 56.9 Å². The van der Waals surface area contributed by atoms with E-state index in [1.54, 1.807) is 0 Å². The molecule has 2 N–H and O–H groups in total. The van der Waals surface area contributed by atoms with E-state index in [0.717, 1.165) is 24.0 Å². The van der Waals surface area contributed by atoms with Gasteiger partial charge in [-0.1, -0.05) is 74.9 Å². The molecular formula is C23H30N2. The summed E-state index contributed by atoms with van der Waals surface area (Å²) in [6.07, 6.45) is 11.6. The normalized spacial score (nSPS) is 11.4. The van der Waals surface area contributed by atoms with Gasteiger partial charge in [-0.25, -0.2) is 4.98 Å². The maximum atomic E-state index is 5.54. The lowest BCUT2D eigenvalue weighted by atomic mass is 9.97. The maximum absolute atomic E-state index is 5.54. The number of unbranched alkanes of at least 4 members (excludes halogenated alkanes) is 7. The summed E-state index contributed by atoms with van der Waals surface area (Å²) in [6, 6.07) is 17.1. The predicted octanol–water partition coefficient (Wildman–Crippen LogP) is 6.01. The molecule has 1 heterocycles. The van der Waals surface area contributed by atoms with Crippen LogP contribution in [0, 0.1) is 0 Å². The Morgan fingerprint density at radius 3 is 1.64 bits per heavy atom. The second-order valence-electron chi connectivity index (χ2n) is 6.99. The van der Waals surface area contributed by atoms with Crippen molar-refractivity contribution < 1.29 is 0 Å². The van der Waals surface area contributed by atoms with Crippen molar-refractivity contribution in [1.82, 2.24) is 4.98 Å². The van der Waals surface area contributed by atoms with Crippen molar-refractivity contribution in [2.24, 2.45) is 5.73 Å².